The SMILES string of the molecule is CC1(C(=O)O)CC(C(=O)O)=C(F)C(N)=C1Br. The lowest BCUT2D eigenvalue weighted by atomic mass is 9.78. The number of hydrogen-bond donors (Lipinski definition) is 3. The monoisotopic (exact) mass is 293 g/mol. The van der Waals surface area contributed by atoms with Crippen LogP contribution >= 0.6 is 15.9 Å². The van der Waals surface area contributed by atoms with Gasteiger partial charge in [0.15, 0.2) is 5.83 Å². The first kappa shape index (κ1) is 12.7. The van der Waals surface area contributed by atoms with Crippen LogP contribution in [0.4, 0.5) is 4.39 Å². The molecule has 0 aromatic rings. The lowest BCUT2D eigenvalue weighted by Gasteiger charge is -2.29. The van der Waals surface area contributed by atoms with Crippen molar-refractivity contribution in [3.05, 3.63) is 21.6 Å². The number of hydrogen-bond acceptors (Lipinski definition) is 3. The third kappa shape index (κ3) is 1.71. The summed E-state index contributed by atoms with van der Waals surface area (Å²) < 4.78 is 13.4. The second-order valence-electron chi connectivity index (χ2n) is 3.64. The molecule has 16 heavy (non-hydrogen) atoms. The van der Waals surface area contributed by atoms with Crippen LogP contribution in [0, 0.1) is 5.41 Å². The van der Waals surface area contributed by atoms with Crippen molar-refractivity contribution in [3.8, 4) is 0 Å². The van der Waals surface area contributed by atoms with Gasteiger partial charge in [0.25, 0.3) is 0 Å². The molecule has 1 aliphatic carbocycles. The molecule has 0 radical (unpaired) electrons. The van der Waals surface area contributed by atoms with E-state index in [9.17, 15) is 14.0 Å². The van der Waals surface area contributed by atoms with Crippen LogP contribution in [0.3, 0.4) is 0 Å². The molecule has 1 atom stereocenters. The van der Waals surface area contributed by atoms with Gasteiger partial charge in [-0.05, 0) is 6.92 Å². The van der Waals surface area contributed by atoms with E-state index in [4.69, 9.17) is 15.9 Å². The van der Waals surface area contributed by atoms with E-state index in [-0.39, 0.29) is 4.48 Å². The van der Waals surface area contributed by atoms with E-state index in [1.165, 1.54) is 6.92 Å². The third-order valence-corrected chi connectivity index (χ3v) is 3.79. The van der Waals surface area contributed by atoms with Crippen molar-refractivity contribution in [2.45, 2.75) is 13.3 Å². The van der Waals surface area contributed by atoms with Crippen molar-refractivity contribution >= 4 is 27.9 Å². The fourth-order valence-electron chi connectivity index (χ4n) is 1.40. The Morgan fingerprint density at radius 3 is 2.38 bits per heavy atom. The first-order chi connectivity index (χ1) is 7.21. The molecule has 1 unspecified atom stereocenters. The second-order valence-corrected chi connectivity index (χ2v) is 4.43. The molecule has 0 amide bonds. The molecule has 0 aromatic carbocycles. The van der Waals surface area contributed by atoms with Crippen molar-refractivity contribution in [2.24, 2.45) is 11.1 Å². The van der Waals surface area contributed by atoms with E-state index >= 15 is 0 Å². The summed E-state index contributed by atoms with van der Waals surface area (Å²) in [7, 11) is 0. The molecule has 0 aliphatic heterocycles. The van der Waals surface area contributed by atoms with Gasteiger partial charge in [-0.1, -0.05) is 15.9 Å². The Bertz CT molecular complexity index is 443. The van der Waals surface area contributed by atoms with Gasteiger partial charge in [-0.3, -0.25) is 4.79 Å². The van der Waals surface area contributed by atoms with E-state index in [0.29, 0.717) is 0 Å². The summed E-state index contributed by atoms with van der Waals surface area (Å²) in [5, 5.41) is 17.8. The van der Waals surface area contributed by atoms with Crippen LogP contribution in [0.5, 0.6) is 0 Å². The van der Waals surface area contributed by atoms with Gasteiger partial charge in [-0.15, -0.1) is 0 Å². The van der Waals surface area contributed by atoms with Crippen molar-refractivity contribution in [3.63, 3.8) is 0 Å². The molecular weight excluding hydrogens is 285 g/mol. The lowest BCUT2D eigenvalue weighted by molar-refractivity contribution is -0.145. The van der Waals surface area contributed by atoms with Gasteiger partial charge >= 0.3 is 11.9 Å². The van der Waals surface area contributed by atoms with Crippen molar-refractivity contribution in [2.75, 3.05) is 0 Å². The van der Waals surface area contributed by atoms with Crippen LogP contribution < -0.4 is 5.73 Å². The third-order valence-electron chi connectivity index (χ3n) is 2.48. The number of nitrogens with two attached hydrogens (primary N) is 1. The van der Waals surface area contributed by atoms with E-state index in [0.717, 1.165) is 0 Å². The van der Waals surface area contributed by atoms with Crippen LogP contribution in [-0.2, 0) is 9.59 Å². The summed E-state index contributed by atoms with van der Waals surface area (Å²) in [6.07, 6.45) is -0.454. The highest BCUT2D eigenvalue weighted by atomic mass is 79.9. The van der Waals surface area contributed by atoms with Crippen molar-refractivity contribution in [1.82, 2.24) is 0 Å². The molecule has 0 saturated carbocycles. The van der Waals surface area contributed by atoms with E-state index in [1.807, 2.05) is 0 Å². The van der Waals surface area contributed by atoms with E-state index < -0.39 is 40.9 Å². The lowest BCUT2D eigenvalue weighted by Crippen LogP contribution is -2.34. The summed E-state index contributed by atoms with van der Waals surface area (Å²) in [5.41, 5.74) is 2.69. The highest BCUT2D eigenvalue weighted by Gasteiger charge is 2.44. The van der Waals surface area contributed by atoms with Gasteiger partial charge in [-0.2, -0.15) is 0 Å². The molecule has 0 fully saturated rings. The number of aliphatic carboxylic acids is 2. The molecule has 7 heteroatoms. The zero-order valence-electron chi connectivity index (χ0n) is 8.25. The molecule has 0 saturated heterocycles. The Morgan fingerprint density at radius 2 is 2.00 bits per heavy atom. The predicted molar refractivity (Wildman–Crippen MR) is 56.3 cm³/mol. The number of carboxylic acid groups (broad SMARTS) is 2. The smallest absolute Gasteiger partial charge is 0.334 e. The minimum absolute atomic E-state index is 0.0463. The van der Waals surface area contributed by atoms with Gasteiger partial charge in [-0.25, -0.2) is 9.18 Å². The average Bonchev–Trinajstić information content (AvgIpc) is 2.19. The topological polar surface area (TPSA) is 101 Å². The van der Waals surface area contributed by atoms with Gasteiger partial charge in [0.05, 0.1) is 11.3 Å². The highest BCUT2D eigenvalue weighted by molar-refractivity contribution is 9.11. The Kier molecular flexibility index (Phi) is 3.09. The number of carbonyl (C=O) groups is 2. The molecule has 0 aromatic heterocycles. The molecule has 0 bridgehead atoms. The maximum Gasteiger partial charge on any atom is 0.334 e. The minimum atomic E-state index is -1.55. The van der Waals surface area contributed by atoms with Crippen LogP contribution in [0.2, 0.25) is 0 Å². The summed E-state index contributed by atoms with van der Waals surface area (Å²) in [4.78, 5) is 21.8. The Hall–Kier alpha value is -1.37. The molecule has 0 spiro atoms. The molecule has 1 rings (SSSR count). The quantitative estimate of drug-likeness (QED) is 0.713. The highest BCUT2D eigenvalue weighted by Crippen LogP contribution is 2.45. The number of carboxylic acids is 2. The van der Waals surface area contributed by atoms with Crippen LogP contribution in [0.25, 0.3) is 0 Å². The van der Waals surface area contributed by atoms with E-state index in [2.05, 4.69) is 15.9 Å². The molecule has 4 N–H and O–H groups in total. The molecule has 0 heterocycles. The molecule has 88 valence electrons. The zero-order valence-corrected chi connectivity index (χ0v) is 9.84. The van der Waals surface area contributed by atoms with E-state index in [1.54, 1.807) is 0 Å². The maximum absolute atomic E-state index is 13.4. The summed E-state index contributed by atoms with van der Waals surface area (Å²) in [6, 6.07) is 0. The molecule has 1 aliphatic rings. The molecular formula is C9H9BrFNO4. The Labute approximate surface area is 98.6 Å². The van der Waals surface area contributed by atoms with Gasteiger partial charge in [0.1, 0.15) is 5.41 Å². The van der Waals surface area contributed by atoms with Crippen LogP contribution in [-0.4, -0.2) is 22.2 Å². The van der Waals surface area contributed by atoms with Crippen LogP contribution in [0.1, 0.15) is 13.3 Å². The second kappa shape index (κ2) is 3.89. The first-order valence-corrected chi connectivity index (χ1v) is 5.02. The van der Waals surface area contributed by atoms with Crippen molar-refractivity contribution < 1.29 is 24.2 Å². The standard InChI is InChI=1S/C9H9BrFNO4/c1-9(8(15)16)2-3(7(13)14)4(11)5(12)6(9)10/h2,12H2,1H3,(H,13,14)(H,15,16). The van der Waals surface area contributed by atoms with Crippen molar-refractivity contribution in [1.29, 1.82) is 0 Å². The van der Waals surface area contributed by atoms with Gasteiger partial charge in [0.2, 0.25) is 0 Å². The number of halogens is 2. The summed E-state index contributed by atoms with van der Waals surface area (Å²) in [6.45, 7) is 1.28. The summed E-state index contributed by atoms with van der Waals surface area (Å²) >= 11 is 2.90. The molecule has 5 nitrogen and oxygen atoms in total. The fourth-order valence-corrected chi connectivity index (χ4v) is 1.89. The Balaban J connectivity index is 3.41. The first-order valence-electron chi connectivity index (χ1n) is 4.23. The predicted octanol–water partition coefficient (Wildman–Crippen LogP) is 1.35. The van der Waals surface area contributed by atoms with Crippen LogP contribution in [0.15, 0.2) is 21.6 Å². The maximum atomic E-state index is 13.4. The summed E-state index contributed by atoms with van der Waals surface area (Å²) in [5.74, 6) is -3.86. The number of rotatable bonds is 2. The zero-order chi connectivity index (χ0) is 12.7. The largest absolute Gasteiger partial charge is 0.481 e. The minimum Gasteiger partial charge on any atom is -0.481 e. The van der Waals surface area contributed by atoms with Gasteiger partial charge < -0.3 is 15.9 Å². The van der Waals surface area contributed by atoms with Gasteiger partial charge in [0, 0.05) is 10.9 Å². The normalized spacial score (nSPS) is 25.9. The fraction of sp³-hybridized carbons (Fsp3) is 0.333. The Morgan fingerprint density at radius 1 is 1.50 bits per heavy atom. The average molecular weight is 294 g/mol. The number of allylic oxidation sites excluding steroid dienone is 1.